The topological polar surface area (TPSA) is 20.2 Å². The number of alkyl halides is 13. The first-order valence-electron chi connectivity index (χ1n) is 8.07. The van der Waals surface area contributed by atoms with Gasteiger partial charge in [-0.1, -0.05) is 48.5 Å². The largest absolute Gasteiger partial charge is 0.435 e. The minimum atomic E-state index is -6.37. The van der Waals surface area contributed by atoms with Crippen molar-refractivity contribution in [3.05, 3.63) is 59.7 Å². The minimum absolute atomic E-state index is 0.126. The van der Waals surface area contributed by atoms with Gasteiger partial charge in [-0.15, -0.1) is 0 Å². The van der Waals surface area contributed by atoms with Crippen molar-refractivity contribution in [3.8, 4) is 11.1 Å². The molecule has 178 valence electrons. The molecular weight excluding hydrogens is 479 g/mol. The maximum atomic E-state index is 14.1. The summed E-state index contributed by atoms with van der Waals surface area (Å²) >= 11 is 0. The van der Waals surface area contributed by atoms with Crippen LogP contribution in [-0.2, 0) is 11.3 Å². The van der Waals surface area contributed by atoms with Gasteiger partial charge in [0.15, 0.2) is 0 Å². The lowest BCUT2D eigenvalue weighted by atomic mass is 9.90. The molecule has 0 amide bonds. The zero-order chi connectivity index (χ0) is 25.0. The summed E-state index contributed by atoms with van der Waals surface area (Å²) in [6.07, 6.45) is -24.9. The Morgan fingerprint density at radius 3 is 0.875 bits per heavy atom. The zero-order valence-electron chi connectivity index (χ0n) is 15.0. The van der Waals surface area contributed by atoms with Crippen molar-refractivity contribution < 1.29 is 62.2 Å². The summed E-state index contributed by atoms with van der Waals surface area (Å²) in [5.41, 5.74) is -15.3. The molecule has 2 aromatic carbocycles. The van der Waals surface area contributed by atoms with Crippen molar-refractivity contribution in [1.29, 1.82) is 0 Å². The van der Waals surface area contributed by atoms with Crippen LogP contribution in [0.5, 0.6) is 0 Å². The maximum Gasteiger partial charge on any atom is 0.435 e. The molecule has 2 aromatic rings. The van der Waals surface area contributed by atoms with Gasteiger partial charge in [-0.05, 0) is 11.1 Å². The molecule has 0 heterocycles. The molecule has 1 atom stereocenters. The third-order valence-electron chi connectivity index (χ3n) is 4.49. The molecule has 1 N–H and O–H groups in total. The second kappa shape index (κ2) is 7.52. The van der Waals surface area contributed by atoms with Crippen LogP contribution in [0, 0.1) is 0 Å². The molecule has 0 aliphatic carbocycles. The van der Waals surface area contributed by atoms with E-state index in [-0.39, 0.29) is 35.4 Å². The Morgan fingerprint density at radius 1 is 0.406 bits per heavy atom. The Hall–Kier alpha value is -2.51. The number of hydrogen-bond donors (Lipinski definition) is 1. The third kappa shape index (κ3) is 3.99. The first-order chi connectivity index (χ1) is 14.2. The summed E-state index contributed by atoms with van der Waals surface area (Å²) in [4.78, 5) is 0. The zero-order valence-corrected chi connectivity index (χ0v) is 15.0. The first-order valence-corrected chi connectivity index (χ1v) is 8.07. The molecule has 14 heteroatoms. The highest BCUT2D eigenvalue weighted by atomic mass is 19.4. The summed E-state index contributed by atoms with van der Waals surface area (Å²) < 4.78 is 169. The normalized spacial score (nSPS) is 16.1. The molecule has 0 radical (unpaired) electrons. The molecule has 0 bridgehead atoms. The molecule has 0 saturated heterocycles. The fourth-order valence-corrected chi connectivity index (χ4v) is 2.78. The van der Waals surface area contributed by atoms with E-state index in [4.69, 9.17) is 5.11 Å². The number of benzene rings is 2. The highest BCUT2D eigenvalue weighted by molar-refractivity contribution is 5.64. The number of rotatable bonds is 4. The van der Waals surface area contributed by atoms with E-state index in [2.05, 4.69) is 0 Å². The van der Waals surface area contributed by atoms with Crippen LogP contribution < -0.4 is 0 Å². The minimum Gasteiger partial charge on any atom is -0.333 e. The standard InChI is InChI=1S/C18H9F13O/c19-13(15(21,22)23,16(24,25)26)11-5-1-9(2-6-11)10-3-7-12(8-4-10)14(20,17(27,28)29)18(30,31)32/h1-8,32H. The lowest BCUT2D eigenvalue weighted by Crippen LogP contribution is -2.52. The summed E-state index contributed by atoms with van der Waals surface area (Å²) in [5, 5.41) is 8.40. The van der Waals surface area contributed by atoms with Crippen molar-refractivity contribution in [1.82, 2.24) is 0 Å². The van der Waals surface area contributed by atoms with Crippen LogP contribution in [0.1, 0.15) is 11.1 Å². The van der Waals surface area contributed by atoms with Crippen LogP contribution in [0.2, 0.25) is 0 Å². The second-order valence-corrected chi connectivity index (χ2v) is 6.51. The molecule has 2 rings (SSSR count). The lowest BCUT2D eigenvalue weighted by Gasteiger charge is -2.31. The Morgan fingerprint density at radius 2 is 0.656 bits per heavy atom. The van der Waals surface area contributed by atoms with Crippen molar-refractivity contribution in [2.24, 2.45) is 0 Å². The van der Waals surface area contributed by atoms with Crippen LogP contribution in [0.4, 0.5) is 57.1 Å². The fourth-order valence-electron chi connectivity index (χ4n) is 2.78. The van der Waals surface area contributed by atoms with Gasteiger partial charge in [0.1, 0.15) is 0 Å². The summed E-state index contributed by atoms with van der Waals surface area (Å²) in [5.74, 6) is 0. The highest BCUT2D eigenvalue weighted by Crippen LogP contribution is 2.54. The third-order valence-corrected chi connectivity index (χ3v) is 4.49. The van der Waals surface area contributed by atoms with Gasteiger partial charge in [-0.2, -0.15) is 48.3 Å². The van der Waals surface area contributed by atoms with Gasteiger partial charge < -0.3 is 5.11 Å². The number of halogens is 13. The average Bonchev–Trinajstić information content (AvgIpc) is 2.63. The molecule has 1 nitrogen and oxygen atoms in total. The van der Waals surface area contributed by atoms with Crippen LogP contribution in [0.15, 0.2) is 48.5 Å². The molecule has 0 aromatic heterocycles. The molecule has 0 saturated carbocycles. The molecule has 32 heavy (non-hydrogen) atoms. The quantitative estimate of drug-likeness (QED) is 0.462. The van der Waals surface area contributed by atoms with E-state index in [1.165, 1.54) is 0 Å². The van der Waals surface area contributed by atoms with Gasteiger partial charge in [-0.25, -0.2) is 8.78 Å². The molecular formula is C18H9F13O. The maximum absolute atomic E-state index is 14.1. The van der Waals surface area contributed by atoms with Crippen molar-refractivity contribution in [3.63, 3.8) is 0 Å². The van der Waals surface area contributed by atoms with Crippen LogP contribution in [0.25, 0.3) is 11.1 Å². The van der Waals surface area contributed by atoms with Crippen LogP contribution in [-0.4, -0.2) is 29.7 Å². The molecule has 0 fully saturated rings. The number of hydrogen-bond acceptors (Lipinski definition) is 1. The van der Waals surface area contributed by atoms with E-state index in [1.807, 2.05) is 0 Å². The van der Waals surface area contributed by atoms with Crippen LogP contribution in [0.3, 0.4) is 0 Å². The first kappa shape index (κ1) is 25.7. The lowest BCUT2D eigenvalue weighted by molar-refractivity contribution is -0.375. The Labute approximate surface area is 170 Å². The summed E-state index contributed by atoms with van der Waals surface area (Å²) in [7, 11) is 0. The van der Waals surface area contributed by atoms with E-state index in [9.17, 15) is 57.1 Å². The summed E-state index contributed by atoms with van der Waals surface area (Å²) in [6, 6.07) is 2.92. The van der Waals surface area contributed by atoms with Gasteiger partial charge in [0.2, 0.25) is 0 Å². The Bertz CT molecular complexity index is 824. The van der Waals surface area contributed by atoms with Gasteiger partial charge in [-0.3, -0.25) is 0 Å². The van der Waals surface area contributed by atoms with Crippen LogP contribution >= 0.6 is 0 Å². The van der Waals surface area contributed by atoms with Gasteiger partial charge >= 0.3 is 36.0 Å². The van der Waals surface area contributed by atoms with E-state index in [0.29, 0.717) is 24.3 Å². The predicted octanol–water partition coefficient (Wildman–Crippen LogP) is 6.96. The Balaban J connectivity index is 2.48. The molecule has 0 aliphatic heterocycles. The highest BCUT2D eigenvalue weighted by Gasteiger charge is 2.74. The predicted molar refractivity (Wildman–Crippen MR) is 82.8 cm³/mol. The van der Waals surface area contributed by atoms with E-state index < -0.39 is 47.1 Å². The van der Waals surface area contributed by atoms with Crippen molar-refractivity contribution in [2.75, 3.05) is 0 Å². The molecule has 1 unspecified atom stereocenters. The van der Waals surface area contributed by atoms with Gasteiger partial charge in [0.05, 0.1) is 0 Å². The monoisotopic (exact) mass is 488 g/mol. The fraction of sp³-hybridized carbons (Fsp3) is 0.333. The summed E-state index contributed by atoms with van der Waals surface area (Å²) in [6.45, 7) is 0. The van der Waals surface area contributed by atoms with E-state index in [1.54, 1.807) is 0 Å². The average molecular weight is 488 g/mol. The SMILES string of the molecule is OC(F)(F)C(F)(c1ccc(-c2ccc(C(F)(C(F)(F)F)C(F)(F)F)cc2)cc1)C(F)(F)F. The molecule has 0 aliphatic rings. The van der Waals surface area contributed by atoms with E-state index >= 15 is 0 Å². The number of aliphatic hydroxyl groups is 1. The van der Waals surface area contributed by atoms with Crippen molar-refractivity contribution in [2.45, 2.75) is 36.0 Å². The Kier molecular flexibility index (Phi) is 6.05. The van der Waals surface area contributed by atoms with E-state index in [0.717, 1.165) is 0 Å². The van der Waals surface area contributed by atoms with Crippen molar-refractivity contribution >= 4 is 0 Å². The van der Waals surface area contributed by atoms with Gasteiger partial charge in [0, 0.05) is 11.1 Å². The smallest absolute Gasteiger partial charge is 0.333 e. The van der Waals surface area contributed by atoms with Gasteiger partial charge in [0.25, 0.3) is 0 Å². The second-order valence-electron chi connectivity index (χ2n) is 6.51. The molecule has 0 spiro atoms.